The first kappa shape index (κ1) is 13.2. The topological polar surface area (TPSA) is 83.0 Å². The summed E-state index contributed by atoms with van der Waals surface area (Å²) in [6.45, 7) is 0. The van der Waals surface area contributed by atoms with E-state index in [9.17, 15) is 4.79 Å². The van der Waals surface area contributed by atoms with Crippen LogP contribution < -0.4 is 5.43 Å². The first-order chi connectivity index (χ1) is 10.3. The molecule has 104 valence electrons. The number of hydrogen-bond donors (Lipinski definition) is 2. The number of hydrazone groups is 1. The molecule has 3 aromatic rings. The molecule has 0 saturated carbocycles. The van der Waals surface area contributed by atoms with E-state index in [1.807, 2.05) is 29.6 Å². The van der Waals surface area contributed by atoms with Crippen LogP contribution in [0.1, 0.15) is 16.2 Å². The third kappa shape index (κ3) is 3.21. The smallest absolute Gasteiger partial charge is 0.276 e. The molecule has 0 fully saturated rings. The van der Waals surface area contributed by atoms with Crippen molar-refractivity contribution in [1.29, 1.82) is 0 Å². The Labute approximate surface area is 124 Å². The van der Waals surface area contributed by atoms with E-state index in [1.165, 1.54) is 6.21 Å². The summed E-state index contributed by atoms with van der Waals surface area (Å²) in [6, 6.07) is 11.0. The van der Waals surface area contributed by atoms with Crippen LogP contribution in [0, 0.1) is 0 Å². The van der Waals surface area contributed by atoms with Crippen molar-refractivity contribution in [2.24, 2.45) is 5.10 Å². The molecular weight excluding hydrogens is 286 g/mol. The van der Waals surface area contributed by atoms with Crippen molar-refractivity contribution in [3.63, 3.8) is 0 Å². The minimum absolute atomic E-state index is 0.288. The lowest BCUT2D eigenvalue weighted by Crippen LogP contribution is -2.18. The van der Waals surface area contributed by atoms with Gasteiger partial charge in [0.1, 0.15) is 0 Å². The van der Waals surface area contributed by atoms with Crippen LogP contribution in [0.5, 0.6) is 0 Å². The maximum atomic E-state index is 11.9. The number of nitrogens with one attached hydrogen (secondary N) is 2. The first-order valence-corrected chi connectivity index (χ1v) is 7.04. The van der Waals surface area contributed by atoms with Crippen molar-refractivity contribution in [2.75, 3.05) is 0 Å². The standard InChI is InChI=1S/C14H11N5OS/c20-14(19-16-9-10-4-1-2-6-15-10)12-8-11(17-18-12)13-5-3-7-21-13/h1-9H,(H,17,18)(H,19,20)/b16-9+. The summed E-state index contributed by atoms with van der Waals surface area (Å²) in [5.41, 5.74) is 4.18. The predicted octanol–water partition coefficient (Wildman–Crippen LogP) is 2.30. The van der Waals surface area contributed by atoms with Crippen molar-refractivity contribution >= 4 is 23.5 Å². The van der Waals surface area contributed by atoms with E-state index < -0.39 is 0 Å². The van der Waals surface area contributed by atoms with Crippen LogP contribution in [0.2, 0.25) is 0 Å². The molecule has 0 atom stereocenters. The third-order valence-corrected chi connectivity index (χ3v) is 3.55. The van der Waals surface area contributed by atoms with Gasteiger partial charge in [-0.15, -0.1) is 11.3 Å². The Balaban J connectivity index is 1.65. The zero-order valence-electron chi connectivity index (χ0n) is 10.9. The van der Waals surface area contributed by atoms with Gasteiger partial charge in [0.05, 0.1) is 22.5 Å². The molecule has 7 heteroatoms. The van der Waals surface area contributed by atoms with E-state index in [0.29, 0.717) is 5.69 Å². The summed E-state index contributed by atoms with van der Waals surface area (Å²) >= 11 is 1.58. The molecule has 0 aliphatic rings. The van der Waals surface area contributed by atoms with Gasteiger partial charge in [-0.25, -0.2) is 5.43 Å². The molecule has 0 bridgehead atoms. The number of aromatic nitrogens is 3. The second-order valence-corrected chi connectivity index (χ2v) is 5.05. The predicted molar refractivity (Wildman–Crippen MR) is 81.2 cm³/mol. The van der Waals surface area contributed by atoms with Crippen LogP contribution in [0.4, 0.5) is 0 Å². The highest BCUT2D eigenvalue weighted by Crippen LogP contribution is 2.22. The number of aromatic amines is 1. The van der Waals surface area contributed by atoms with Crippen molar-refractivity contribution in [3.05, 3.63) is 59.4 Å². The van der Waals surface area contributed by atoms with E-state index in [2.05, 4.69) is 25.7 Å². The Bertz CT molecular complexity index is 749. The molecule has 0 aliphatic carbocycles. The normalized spacial score (nSPS) is 10.9. The molecule has 0 spiro atoms. The van der Waals surface area contributed by atoms with Crippen LogP contribution in [0.15, 0.2) is 53.1 Å². The average Bonchev–Trinajstić information content (AvgIpc) is 3.19. The van der Waals surface area contributed by atoms with E-state index in [-0.39, 0.29) is 11.6 Å². The molecule has 0 unspecified atom stereocenters. The summed E-state index contributed by atoms with van der Waals surface area (Å²) in [4.78, 5) is 17.0. The Hall–Kier alpha value is -2.80. The molecule has 0 saturated heterocycles. The molecule has 2 N–H and O–H groups in total. The molecular formula is C14H11N5OS. The number of thiophene rings is 1. The summed E-state index contributed by atoms with van der Waals surface area (Å²) in [7, 11) is 0. The highest BCUT2D eigenvalue weighted by Gasteiger charge is 2.10. The fourth-order valence-corrected chi connectivity index (χ4v) is 2.36. The molecule has 3 heterocycles. The minimum atomic E-state index is -0.374. The molecule has 0 radical (unpaired) electrons. The molecule has 3 aromatic heterocycles. The molecule has 0 aromatic carbocycles. The second kappa shape index (κ2) is 6.10. The van der Waals surface area contributed by atoms with Gasteiger partial charge in [-0.3, -0.25) is 14.9 Å². The lowest BCUT2D eigenvalue weighted by molar-refractivity contribution is 0.0950. The Kier molecular flexibility index (Phi) is 3.83. The molecule has 1 amide bonds. The van der Waals surface area contributed by atoms with Crippen LogP contribution >= 0.6 is 11.3 Å². The monoisotopic (exact) mass is 297 g/mol. The lowest BCUT2D eigenvalue weighted by atomic mass is 10.3. The SMILES string of the molecule is O=C(N/N=C/c1ccccn1)c1cc(-c2cccs2)[nH]n1. The van der Waals surface area contributed by atoms with Gasteiger partial charge in [-0.2, -0.15) is 10.2 Å². The van der Waals surface area contributed by atoms with Gasteiger partial charge in [-0.05, 0) is 29.6 Å². The summed E-state index contributed by atoms with van der Waals surface area (Å²) in [5.74, 6) is -0.374. The van der Waals surface area contributed by atoms with Gasteiger partial charge in [0, 0.05) is 6.20 Å². The highest BCUT2D eigenvalue weighted by atomic mass is 32.1. The fraction of sp³-hybridized carbons (Fsp3) is 0. The fourth-order valence-electron chi connectivity index (χ4n) is 1.66. The average molecular weight is 297 g/mol. The molecule has 3 rings (SSSR count). The highest BCUT2D eigenvalue weighted by molar-refractivity contribution is 7.13. The van der Waals surface area contributed by atoms with Gasteiger partial charge in [-0.1, -0.05) is 12.1 Å². The maximum absolute atomic E-state index is 11.9. The van der Waals surface area contributed by atoms with E-state index >= 15 is 0 Å². The molecule has 0 aliphatic heterocycles. The van der Waals surface area contributed by atoms with Crippen LogP contribution in [-0.2, 0) is 0 Å². The molecule has 21 heavy (non-hydrogen) atoms. The maximum Gasteiger partial charge on any atom is 0.291 e. The van der Waals surface area contributed by atoms with Gasteiger partial charge < -0.3 is 0 Å². The van der Waals surface area contributed by atoms with Gasteiger partial charge in [0.15, 0.2) is 5.69 Å². The number of pyridine rings is 1. The van der Waals surface area contributed by atoms with Crippen molar-refractivity contribution in [3.8, 4) is 10.6 Å². The molecule has 6 nitrogen and oxygen atoms in total. The van der Waals surface area contributed by atoms with Gasteiger partial charge in [0.25, 0.3) is 5.91 Å². The summed E-state index contributed by atoms with van der Waals surface area (Å²) < 4.78 is 0. The first-order valence-electron chi connectivity index (χ1n) is 6.16. The number of hydrogen-bond acceptors (Lipinski definition) is 5. The van der Waals surface area contributed by atoms with Crippen LogP contribution in [0.3, 0.4) is 0 Å². The third-order valence-electron chi connectivity index (χ3n) is 2.65. The largest absolute Gasteiger partial charge is 0.291 e. The number of H-pyrrole nitrogens is 1. The van der Waals surface area contributed by atoms with Crippen LogP contribution in [0.25, 0.3) is 10.6 Å². The van der Waals surface area contributed by atoms with Crippen molar-refractivity contribution in [2.45, 2.75) is 0 Å². The van der Waals surface area contributed by atoms with E-state index in [1.54, 1.807) is 29.7 Å². The number of nitrogens with zero attached hydrogens (tertiary/aromatic N) is 3. The quantitative estimate of drug-likeness (QED) is 0.572. The number of rotatable bonds is 4. The van der Waals surface area contributed by atoms with Crippen LogP contribution in [-0.4, -0.2) is 27.3 Å². The van der Waals surface area contributed by atoms with Crippen molar-refractivity contribution < 1.29 is 4.79 Å². The second-order valence-electron chi connectivity index (χ2n) is 4.10. The Morgan fingerprint density at radius 2 is 2.29 bits per heavy atom. The zero-order chi connectivity index (χ0) is 14.5. The zero-order valence-corrected chi connectivity index (χ0v) is 11.7. The number of carbonyl (C=O) groups is 1. The Morgan fingerprint density at radius 1 is 1.33 bits per heavy atom. The van der Waals surface area contributed by atoms with E-state index in [4.69, 9.17) is 0 Å². The number of carbonyl (C=O) groups excluding carboxylic acids is 1. The summed E-state index contributed by atoms with van der Waals surface area (Å²) in [6.07, 6.45) is 3.13. The number of amides is 1. The van der Waals surface area contributed by atoms with Gasteiger partial charge >= 0.3 is 0 Å². The minimum Gasteiger partial charge on any atom is -0.276 e. The van der Waals surface area contributed by atoms with E-state index in [0.717, 1.165) is 10.6 Å². The van der Waals surface area contributed by atoms with Crippen molar-refractivity contribution in [1.82, 2.24) is 20.6 Å². The van der Waals surface area contributed by atoms with Gasteiger partial charge in [0.2, 0.25) is 0 Å². The lowest BCUT2D eigenvalue weighted by Gasteiger charge is -1.94. The Morgan fingerprint density at radius 3 is 3.05 bits per heavy atom. The summed E-state index contributed by atoms with van der Waals surface area (Å²) in [5, 5.41) is 12.6.